The van der Waals surface area contributed by atoms with E-state index in [1.165, 1.54) is 10.4 Å². The molecule has 4 nitrogen and oxygen atoms in total. The second-order valence-electron chi connectivity index (χ2n) is 5.39. The van der Waals surface area contributed by atoms with Gasteiger partial charge in [0, 0.05) is 33.7 Å². The van der Waals surface area contributed by atoms with Gasteiger partial charge in [-0.25, -0.2) is 9.97 Å². The molecular formula is C17H19N3OS2. The fourth-order valence-corrected chi connectivity index (χ4v) is 4.47. The predicted molar refractivity (Wildman–Crippen MR) is 98.5 cm³/mol. The van der Waals surface area contributed by atoms with Crippen LogP contribution in [0.4, 0.5) is 5.82 Å². The quantitative estimate of drug-likeness (QED) is 0.740. The lowest BCUT2D eigenvalue weighted by Crippen LogP contribution is -2.13. The maximum atomic E-state index is 12.2. The molecule has 6 heteroatoms. The van der Waals surface area contributed by atoms with Crippen LogP contribution in [0.5, 0.6) is 0 Å². The van der Waals surface area contributed by atoms with Crippen LogP contribution in [0.3, 0.4) is 0 Å². The normalized spacial score (nSPS) is 12.4. The summed E-state index contributed by atoms with van der Waals surface area (Å²) in [5.41, 5.74) is 2.33. The number of anilines is 1. The molecule has 0 aliphatic carbocycles. The van der Waals surface area contributed by atoms with Crippen LogP contribution in [0.1, 0.15) is 16.0 Å². The molecule has 1 atom stereocenters. The van der Waals surface area contributed by atoms with Gasteiger partial charge in [0.05, 0.1) is 5.39 Å². The molecule has 0 saturated heterocycles. The van der Waals surface area contributed by atoms with E-state index in [4.69, 9.17) is 0 Å². The van der Waals surface area contributed by atoms with E-state index in [1.807, 2.05) is 30.3 Å². The van der Waals surface area contributed by atoms with Crippen LogP contribution >= 0.6 is 11.3 Å². The zero-order chi connectivity index (χ0) is 16.2. The molecule has 2 heterocycles. The molecule has 1 unspecified atom stereocenters. The molecule has 0 aliphatic rings. The van der Waals surface area contributed by atoms with Gasteiger partial charge in [-0.15, -0.1) is 11.3 Å². The third kappa shape index (κ3) is 3.76. The van der Waals surface area contributed by atoms with Crippen molar-refractivity contribution in [2.45, 2.75) is 19.6 Å². The van der Waals surface area contributed by atoms with E-state index >= 15 is 0 Å². The Kier molecular flexibility index (Phi) is 5.03. The highest BCUT2D eigenvalue weighted by Crippen LogP contribution is 2.32. The van der Waals surface area contributed by atoms with E-state index in [-0.39, 0.29) is 0 Å². The summed E-state index contributed by atoms with van der Waals surface area (Å²) >= 11 is 1.68. The van der Waals surface area contributed by atoms with Crippen LogP contribution in [-0.4, -0.2) is 26.5 Å². The van der Waals surface area contributed by atoms with E-state index in [0.29, 0.717) is 18.1 Å². The summed E-state index contributed by atoms with van der Waals surface area (Å²) in [6.07, 6.45) is 1.58. The number of nitrogens with zero attached hydrogens (tertiary/aromatic N) is 2. The molecule has 3 rings (SSSR count). The summed E-state index contributed by atoms with van der Waals surface area (Å²) < 4.78 is 12.2. The van der Waals surface area contributed by atoms with Gasteiger partial charge in [0.2, 0.25) is 0 Å². The summed E-state index contributed by atoms with van der Waals surface area (Å²) in [5, 5.41) is 4.41. The molecule has 0 spiro atoms. The predicted octanol–water partition coefficient (Wildman–Crippen LogP) is 3.67. The molecule has 1 N–H and O–H groups in total. The van der Waals surface area contributed by atoms with E-state index in [9.17, 15) is 4.21 Å². The van der Waals surface area contributed by atoms with Crippen LogP contribution in [0.2, 0.25) is 0 Å². The van der Waals surface area contributed by atoms with Gasteiger partial charge in [-0.3, -0.25) is 4.21 Å². The molecular weight excluding hydrogens is 326 g/mol. The minimum absolute atomic E-state index is 0.596. The van der Waals surface area contributed by atoms with Crippen molar-refractivity contribution in [2.75, 3.05) is 17.6 Å². The van der Waals surface area contributed by atoms with Crippen LogP contribution < -0.4 is 5.32 Å². The number of hydrogen-bond donors (Lipinski definition) is 1. The van der Waals surface area contributed by atoms with Gasteiger partial charge < -0.3 is 5.32 Å². The Hall–Kier alpha value is -1.79. The van der Waals surface area contributed by atoms with Crippen LogP contribution in [0.15, 0.2) is 36.7 Å². The zero-order valence-electron chi connectivity index (χ0n) is 13.2. The minimum Gasteiger partial charge on any atom is -0.368 e. The van der Waals surface area contributed by atoms with Gasteiger partial charge in [-0.2, -0.15) is 0 Å². The molecule has 1 aromatic carbocycles. The average Bonchev–Trinajstić information content (AvgIpc) is 2.84. The van der Waals surface area contributed by atoms with Crippen molar-refractivity contribution in [3.63, 3.8) is 0 Å². The maximum Gasteiger partial charge on any atom is 0.138 e. The largest absolute Gasteiger partial charge is 0.368 e. The van der Waals surface area contributed by atoms with Gasteiger partial charge in [0.25, 0.3) is 0 Å². The van der Waals surface area contributed by atoms with Crippen LogP contribution in [0.25, 0.3) is 10.2 Å². The molecule has 0 fully saturated rings. The number of aryl methyl sites for hydroxylation is 2. The third-order valence-electron chi connectivity index (χ3n) is 3.76. The summed E-state index contributed by atoms with van der Waals surface area (Å²) in [6.45, 7) is 4.83. The number of aromatic nitrogens is 2. The summed E-state index contributed by atoms with van der Waals surface area (Å²) in [7, 11) is -0.882. The van der Waals surface area contributed by atoms with Gasteiger partial charge >= 0.3 is 0 Å². The molecule has 3 aromatic rings. The Bertz CT molecular complexity index is 830. The highest BCUT2D eigenvalue weighted by Gasteiger charge is 2.11. The maximum absolute atomic E-state index is 12.2. The van der Waals surface area contributed by atoms with Gasteiger partial charge in [-0.05, 0) is 25.0 Å². The number of benzene rings is 1. The SMILES string of the molecule is Cc1sc2ncnc(NCCS(=O)Cc3ccccc3)c2c1C. The Labute approximate surface area is 142 Å². The minimum atomic E-state index is -0.882. The third-order valence-corrected chi connectivity index (χ3v) is 6.19. The van der Waals surface area contributed by atoms with Crippen molar-refractivity contribution in [2.24, 2.45) is 0 Å². The molecule has 0 radical (unpaired) electrons. The second kappa shape index (κ2) is 7.19. The van der Waals surface area contributed by atoms with Crippen molar-refractivity contribution >= 4 is 38.2 Å². The molecule has 0 bridgehead atoms. The number of hydrogen-bond acceptors (Lipinski definition) is 5. The number of nitrogens with one attached hydrogen (secondary N) is 1. The summed E-state index contributed by atoms with van der Waals surface area (Å²) in [5.74, 6) is 2.04. The Balaban J connectivity index is 1.62. The lowest BCUT2D eigenvalue weighted by molar-refractivity contribution is 0.682. The Morgan fingerprint density at radius 3 is 2.74 bits per heavy atom. The Morgan fingerprint density at radius 2 is 1.96 bits per heavy atom. The molecule has 0 amide bonds. The molecule has 0 aliphatic heterocycles. The first-order chi connectivity index (χ1) is 11.1. The fourth-order valence-electron chi connectivity index (χ4n) is 2.43. The monoisotopic (exact) mass is 345 g/mol. The van der Waals surface area contributed by atoms with E-state index < -0.39 is 10.8 Å². The summed E-state index contributed by atoms with van der Waals surface area (Å²) in [6, 6.07) is 9.95. The van der Waals surface area contributed by atoms with Gasteiger partial charge in [-0.1, -0.05) is 30.3 Å². The number of fused-ring (bicyclic) bond motifs is 1. The molecule has 2 aromatic heterocycles. The highest BCUT2D eigenvalue weighted by molar-refractivity contribution is 7.84. The van der Waals surface area contributed by atoms with E-state index in [2.05, 4.69) is 29.1 Å². The van der Waals surface area contributed by atoms with Crippen molar-refractivity contribution in [3.8, 4) is 0 Å². The molecule has 120 valence electrons. The van der Waals surface area contributed by atoms with Crippen molar-refractivity contribution < 1.29 is 4.21 Å². The molecule has 23 heavy (non-hydrogen) atoms. The zero-order valence-corrected chi connectivity index (χ0v) is 14.8. The Morgan fingerprint density at radius 1 is 1.17 bits per heavy atom. The second-order valence-corrected chi connectivity index (χ2v) is 8.17. The summed E-state index contributed by atoms with van der Waals surface area (Å²) in [4.78, 5) is 10.9. The van der Waals surface area contributed by atoms with E-state index in [0.717, 1.165) is 21.6 Å². The number of thiophene rings is 1. The van der Waals surface area contributed by atoms with Gasteiger partial charge in [0.15, 0.2) is 0 Å². The smallest absolute Gasteiger partial charge is 0.138 e. The number of rotatable bonds is 6. The fraction of sp³-hybridized carbons (Fsp3) is 0.294. The van der Waals surface area contributed by atoms with Crippen LogP contribution in [0, 0.1) is 13.8 Å². The van der Waals surface area contributed by atoms with Crippen molar-refractivity contribution in [1.82, 2.24) is 9.97 Å². The first-order valence-electron chi connectivity index (χ1n) is 7.48. The van der Waals surface area contributed by atoms with Crippen LogP contribution in [-0.2, 0) is 16.6 Å². The van der Waals surface area contributed by atoms with Crippen molar-refractivity contribution in [1.29, 1.82) is 0 Å². The van der Waals surface area contributed by atoms with Gasteiger partial charge in [0.1, 0.15) is 17.0 Å². The average molecular weight is 345 g/mol. The highest BCUT2D eigenvalue weighted by atomic mass is 32.2. The standard InChI is InChI=1S/C17H19N3OS2/c1-12-13(2)22-17-15(12)16(19-11-20-17)18-8-9-23(21)10-14-6-4-3-5-7-14/h3-7,11H,8-10H2,1-2H3,(H,18,19,20). The topological polar surface area (TPSA) is 54.9 Å². The lowest BCUT2D eigenvalue weighted by Gasteiger charge is -2.07. The van der Waals surface area contributed by atoms with E-state index in [1.54, 1.807) is 17.7 Å². The van der Waals surface area contributed by atoms with Crippen molar-refractivity contribution in [3.05, 3.63) is 52.7 Å². The first kappa shape index (κ1) is 16.1. The first-order valence-corrected chi connectivity index (χ1v) is 9.79. The lowest BCUT2D eigenvalue weighted by atomic mass is 10.2. The molecule has 0 saturated carbocycles.